The van der Waals surface area contributed by atoms with Crippen LogP contribution in [-0.2, 0) is 16.1 Å². The maximum atomic E-state index is 12.4. The van der Waals surface area contributed by atoms with Crippen LogP contribution in [0.1, 0.15) is 17.7 Å². The third-order valence-electron chi connectivity index (χ3n) is 4.15. The third kappa shape index (κ3) is 5.35. The molecular formula is C18H21N3O4S. The minimum absolute atomic E-state index is 0.0439. The Morgan fingerprint density at radius 1 is 1.38 bits per heavy atom. The number of nitrogens with one attached hydrogen (secondary N) is 1. The fraction of sp³-hybridized carbons (Fsp3) is 0.389. The Balaban J connectivity index is 1.62. The van der Waals surface area contributed by atoms with Gasteiger partial charge in [-0.1, -0.05) is 12.1 Å². The summed E-state index contributed by atoms with van der Waals surface area (Å²) in [5, 5.41) is 15.6. The van der Waals surface area contributed by atoms with Gasteiger partial charge in [0.1, 0.15) is 0 Å². The largest absolute Gasteiger partial charge is 0.377 e. The first kappa shape index (κ1) is 18.5. The number of anilines is 1. The number of amides is 1. The highest BCUT2D eigenvalue weighted by atomic mass is 32.1. The first-order chi connectivity index (χ1) is 12.6. The molecule has 1 aliphatic heterocycles. The standard InChI is InChI=1S/C18H21N3O4S/c22-18(19-14-4-1-5-15(10-14)21(23)24)13-20(11-16-6-2-8-25-16)12-17-7-3-9-26-17/h1,3-5,7,9-10,16H,2,6,8,11-13H2,(H,19,22)/t16-/m1/s1. The van der Waals surface area contributed by atoms with Crippen LogP contribution in [0.15, 0.2) is 41.8 Å². The van der Waals surface area contributed by atoms with Crippen LogP contribution in [0.3, 0.4) is 0 Å². The summed E-state index contributed by atoms with van der Waals surface area (Å²) < 4.78 is 5.70. The van der Waals surface area contributed by atoms with Gasteiger partial charge in [-0.2, -0.15) is 0 Å². The van der Waals surface area contributed by atoms with Crippen molar-refractivity contribution in [1.29, 1.82) is 0 Å². The summed E-state index contributed by atoms with van der Waals surface area (Å²) >= 11 is 1.66. The van der Waals surface area contributed by atoms with Crippen LogP contribution >= 0.6 is 11.3 Å². The third-order valence-corrected chi connectivity index (χ3v) is 5.01. The molecule has 1 atom stereocenters. The molecule has 1 amide bonds. The van der Waals surface area contributed by atoms with Crippen LogP contribution in [0.25, 0.3) is 0 Å². The lowest BCUT2D eigenvalue weighted by molar-refractivity contribution is -0.384. The first-order valence-corrected chi connectivity index (χ1v) is 9.39. The normalized spacial score (nSPS) is 16.7. The summed E-state index contributed by atoms with van der Waals surface area (Å²) in [7, 11) is 0. The summed E-state index contributed by atoms with van der Waals surface area (Å²) in [5.74, 6) is -0.194. The predicted molar refractivity (Wildman–Crippen MR) is 100 cm³/mol. The van der Waals surface area contributed by atoms with Crippen molar-refractivity contribution in [2.75, 3.05) is 25.0 Å². The zero-order valence-corrected chi connectivity index (χ0v) is 15.1. The number of hydrogen-bond acceptors (Lipinski definition) is 6. The fourth-order valence-corrected chi connectivity index (χ4v) is 3.73. The molecule has 0 radical (unpaired) electrons. The van der Waals surface area contributed by atoms with Gasteiger partial charge in [0.15, 0.2) is 0 Å². The summed E-state index contributed by atoms with van der Waals surface area (Å²) in [5.41, 5.74) is 0.384. The number of carbonyl (C=O) groups excluding carboxylic acids is 1. The minimum atomic E-state index is -0.476. The molecule has 1 saturated heterocycles. The Hall–Kier alpha value is -2.29. The minimum Gasteiger partial charge on any atom is -0.377 e. The lowest BCUT2D eigenvalue weighted by Gasteiger charge is -2.24. The summed E-state index contributed by atoms with van der Waals surface area (Å²) in [6, 6.07) is 10.0. The Morgan fingerprint density at radius 2 is 2.27 bits per heavy atom. The van der Waals surface area contributed by atoms with Gasteiger partial charge < -0.3 is 10.1 Å². The van der Waals surface area contributed by atoms with Gasteiger partial charge in [0.05, 0.1) is 17.6 Å². The van der Waals surface area contributed by atoms with Crippen molar-refractivity contribution in [3.8, 4) is 0 Å². The van der Waals surface area contributed by atoms with E-state index < -0.39 is 4.92 Å². The molecule has 138 valence electrons. The molecule has 0 aliphatic carbocycles. The quantitative estimate of drug-likeness (QED) is 0.565. The smallest absolute Gasteiger partial charge is 0.271 e. The van der Waals surface area contributed by atoms with Crippen molar-refractivity contribution in [2.24, 2.45) is 0 Å². The van der Waals surface area contributed by atoms with Crippen LogP contribution in [0.2, 0.25) is 0 Å². The van der Waals surface area contributed by atoms with Crippen molar-refractivity contribution in [1.82, 2.24) is 4.90 Å². The average Bonchev–Trinajstić information content (AvgIpc) is 3.29. The number of hydrogen-bond donors (Lipinski definition) is 1. The van der Waals surface area contributed by atoms with E-state index in [-0.39, 0.29) is 24.2 Å². The molecule has 2 heterocycles. The Kier molecular flexibility index (Phi) is 6.32. The van der Waals surface area contributed by atoms with E-state index >= 15 is 0 Å². The van der Waals surface area contributed by atoms with Gasteiger partial charge in [0.2, 0.25) is 5.91 Å². The van der Waals surface area contributed by atoms with Crippen molar-refractivity contribution < 1.29 is 14.5 Å². The molecule has 3 rings (SSSR count). The van der Waals surface area contributed by atoms with Crippen LogP contribution in [0, 0.1) is 10.1 Å². The number of nitro benzene ring substituents is 1. The van der Waals surface area contributed by atoms with E-state index in [0.717, 1.165) is 19.4 Å². The lowest BCUT2D eigenvalue weighted by Crippen LogP contribution is -2.37. The van der Waals surface area contributed by atoms with E-state index in [1.165, 1.54) is 17.0 Å². The predicted octanol–water partition coefficient (Wildman–Crippen LogP) is 3.28. The van der Waals surface area contributed by atoms with Crippen molar-refractivity contribution in [3.63, 3.8) is 0 Å². The second kappa shape index (κ2) is 8.88. The zero-order valence-electron chi connectivity index (χ0n) is 14.3. The van der Waals surface area contributed by atoms with E-state index in [2.05, 4.69) is 10.2 Å². The molecule has 0 bridgehead atoms. The number of nitro groups is 1. The second-order valence-electron chi connectivity index (χ2n) is 6.24. The lowest BCUT2D eigenvalue weighted by atomic mass is 10.2. The van der Waals surface area contributed by atoms with Crippen LogP contribution in [0.4, 0.5) is 11.4 Å². The maximum absolute atomic E-state index is 12.4. The van der Waals surface area contributed by atoms with Gasteiger partial charge in [0, 0.05) is 42.4 Å². The molecular weight excluding hydrogens is 354 g/mol. The summed E-state index contributed by atoms with van der Waals surface area (Å²) in [6.45, 7) is 2.36. The molecule has 8 heteroatoms. The molecule has 26 heavy (non-hydrogen) atoms. The molecule has 0 unspecified atom stereocenters. The fourth-order valence-electron chi connectivity index (χ4n) is 2.99. The van der Waals surface area contributed by atoms with Crippen LogP contribution in [-0.4, -0.2) is 41.5 Å². The van der Waals surface area contributed by atoms with Gasteiger partial charge in [-0.3, -0.25) is 19.8 Å². The van der Waals surface area contributed by atoms with E-state index in [9.17, 15) is 14.9 Å². The molecule has 1 aromatic carbocycles. The number of carbonyl (C=O) groups is 1. The van der Waals surface area contributed by atoms with Crippen molar-refractivity contribution in [3.05, 3.63) is 56.8 Å². The van der Waals surface area contributed by atoms with Crippen LogP contribution in [0.5, 0.6) is 0 Å². The number of thiophene rings is 1. The van der Waals surface area contributed by atoms with Gasteiger partial charge in [0.25, 0.3) is 5.69 Å². The Morgan fingerprint density at radius 3 is 2.96 bits per heavy atom. The maximum Gasteiger partial charge on any atom is 0.271 e. The van der Waals surface area contributed by atoms with Crippen molar-refractivity contribution in [2.45, 2.75) is 25.5 Å². The number of rotatable bonds is 8. The highest BCUT2D eigenvalue weighted by molar-refractivity contribution is 7.09. The molecule has 1 N–H and O–H groups in total. The summed E-state index contributed by atoms with van der Waals surface area (Å²) in [6.07, 6.45) is 2.21. The highest BCUT2D eigenvalue weighted by Gasteiger charge is 2.21. The number of ether oxygens (including phenoxy) is 1. The molecule has 0 saturated carbocycles. The van der Waals surface area contributed by atoms with E-state index in [1.54, 1.807) is 23.5 Å². The first-order valence-electron chi connectivity index (χ1n) is 8.51. The number of non-ortho nitro benzene ring substituents is 1. The second-order valence-corrected chi connectivity index (χ2v) is 7.27. The Bertz CT molecular complexity index is 745. The Labute approximate surface area is 155 Å². The molecule has 1 aliphatic rings. The van der Waals surface area contributed by atoms with Gasteiger partial charge in [-0.15, -0.1) is 11.3 Å². The zero-order chi connectivity index (χ0) is 18.4. The monoisotopic (exact) mass is 375 g/mol. The van der Waals surface area contributed by atoms with E-state index in [4.69, 9.17) is 4.74 Å². The van der Waals surface area contributed by atoms with Gasteiger partial charge >= 0.3 is 0 Å². The van der Waals surface area contributed by atoms with Crippen molar-refractivity contribution >= 4 is 28.6 Å². The number of nitrogens with zero attached hydrogens (tertiary/aromatic N) is 2. The molecule has 0 spiro atoms. The summed E-state index contributed by atoms with van der Waals surface area (Å²) in [4.78, 5) is 26.1. The highest BCUT2D eigenvalue weighted by Crippen LogP contribution is 2.19. The van der Waals surface area contributed by atoms with Gasteiger partial charge in [-0.25, -0.2) is 0 Å². The molecule has 2 aromatic rings. The van der Waals surface area contributed by atoms with E-state index in [1.807, 2.05) is 17.5 Å². The molecule has 1 aromatic heterocycles. The van der Waals surface area contributed by atoms with Crippen LogP contribution < -0.4 is 5.32 Å². The topological polar surface area (TPSA) is 84.7 Å². The van der Waals surface area contributed by atoms with Gasteiger partial charge in [-0.05, 0) is 30.4 Å². The number of benzene rings is 1. The van der Waals surface area contributed by atoms with E-state index in [0.29, 0.717) is 18.8 Å². The average molecular weight is 375 g/mol. The SMILES string of the molecule is O=C(CN(Cc1cccs1)C[C@H]1CCCO1)Nc1cccc([N+](=O)[O-])c1. The molecule has 7 nitrogen and oxygen atoms in total. The molecule has 1 fully saturated rings.